The van der Waals surface area contributed by atoms with Crippen LogP contribution in [-0.2, 0) is 13.6 Å². The predicted octanol–water partition coefficient (Wildman–Crippen LogP) is 2.46. The lowest BCUT2D eigenvalue weighted by Crippen LogP contribution is -2.30. The van der Waals surface area contributed by atoms with Gasteiger partial charge in [-0.3, -0.25) is 4.68 Å². The molecule has 0 aromatic carbocycles. The number of hydrogen-bond donors (Lipinski definition) is 1. The van der Waals surface area contributed by atoms with Crippen molar-refractivity contribution in [3.05, 3.63) is 11.3 Å². The van der Waals surface area contributed by atoms with E-state index in [1.54, 1.807) is 0 Å². The molecule has 1 N–H and O–H groups in total. The van der Waals surface area contributed by atoms with Crippen LogP contribution in [0.25, 0.3) is 0 Å². The fraction of sp³-hybridized carbons (Fsp3) is 0.800. The van der Waals surface area contributed by atoms with Crippen molar-refractivity contribution in [2.24, 2.45) is 13.0 Å². The van der Waals surface area contributed by atoms with Gasteiger partial charge in [-0.1, -0.05) is 13.8 Å². The molecule has 1 aromatic rings. The van der Waals surface area contributed by atoms with Gasteiger partial charge in [-0.15, -0.1) is 0 Å². The zero-order chi connectivity index (χ0) is 14.0. The van der Waals surface area contributed by atoms with Crippen LogP contribution in [0.5, 0.6) is 0 Å². The number of rotatable bonds is 5. The molecule has 2 heterocycles. The molecule has 19 heavy (non-hydrogen) atoms. The highest BCUT2D eigenvalue weighted by Gasteiger charge is 2.26. The Balaban J connectivity index is 2.17. The van der Waals surface area contributed by atoms with Gasteiger partial charge in [0.05, 0.1) is 5.69 Å². The van der Waals surface area contributed by atoms with Crippen molar-refractivity contribution in [1.82, 2.24) is 15.1 Å². The van der Waals surface area contributed by atoms with E-state index in [0.717, 1.165) is 25.3 Å². The molecule has 0 amide bonds. The predicted molar refractivity (Wildman–Crippen MR) is 80.5 cm³/mol. The summed E-state index contributed by atoms with van der Waals surface area (Å²) in [7, 11) is 2.07. The molecule has 1 aliphatic heterocycles. The van der Waals surface area contributed by atoms with Crippen molar-refractivity contribution in [2.75, 3.05) is 18.0 Å². The molecule has 0 bridgehead atoms. The lowest BCUT2D eigenvalue weighted by molar-refractivity contribution is 0.550. The Kier molecular flexibility index (Phi) is 4.50. The summed E-state index contributed by atoms with van der Waals surface area (Å²) in [5, 5.41) is 8.18. The van der Waals surface area contributed by atoms with Crippen molar-refractivity contribution in [3.63, 3.8) is 0 Å². The van der Waals surface area contributed by atoms with Gasteiger partial charge in [-0.2, -0.15) is 5.10 Å². The standard InChI is InChI=1S/C15H28N4/c1-11(2)9-16-10-14-13(4)17-18(5)15(14)19-8-6-7-12(19)3/h11-12,16H,6-10H2,1-5H3. The van der Waals surface area contributed by atoms with Gasteiger partial charge in [-0.05, 0) is 39.2 Å². The average molecular weight is 264 g/mol. The minimum absolute atomic E-state index is 0.638. The van der Waals surface area contributed by atoms with Crippen LogP contribution in [0, 0.1) is 12.8 Å². The molecule has 1 unspecified atom stereocenters. The molecule has 0 saturated carbocycles. The number of nitrogens with zero attached hydrogens (tertiary/aromatic N) is 3. The molecule has 1 aromatic heterocycles. The summed E-state index contributed by atoms with van der Waals surface area (Å²) >= 11 is 0. The number of hydrogen-bond acceptors (Lipinski definition) is 3. The third kappa shape index (κ3) is 3.11. The van der Waals surface area contributed by atoms with Gasteiger partial charge in [-0.25, -0.2) is 0 Å². The van der Waals surface area contributed by atoms with Gasteiger partial charge in [0, 0.05) is 31.7 Å². The highest BCUT2D eigenvalue weighted by Crippen LogP contribution is 2.29. The molecule has 108 valence electrons. The highest BCUT2D eigenvalue weighted by atomic mass is 15.4. The van der Waals surface area contributed by atoms with Crippen LogP contribution in [0.15, 0.2) is 0 Å². The molecule has 1 atom stereocenters. The van der Waals surface area contributed by atoms with Gasteiger partial charge in [0.2, 0.25) is 0 Å². The quantitative estimate of drug-likeness (QED) is 0.887. The summed E-state index contributed by atoms with van der Waals surface area (Å²) in [5.74, 6) is 2.00. The third-order valence-corrected chi connectivity index (χ3v) is 3.99. The topological polar surface area (TPSA) is 33.1 Å². The Morgan fingerprint density at radius 3 is 2.74 bits per heavy atom. The molecule has 1 aliphatic rings. The zero-order valence-corrected chi connectivity index (χ0v) is 13.0. The SMILES string of the molecule is Cc1nn(C)c(N2CCCC2C)c1CNCC(C)C. The van der Waals surface area contributed by atoms with Crippen LogP contribution in [0.4, 0.5) is 5.82 Å². The van der Waals surface area contributed by atoms with Crippen molar-refractivity contribution >= 4 is 5.82 Å². The molecular formula is C15H28N4. The van der Waals surface area contributed by atoms with Crippen molar-refractivity contribution in [1.29, 1.82) is 0 Å². The minimum Gasteiger partial charge on any atom is -0.354 e. The summed E-state index contributed by atoms with van der Waals surface area (Å²) in [5.41, 5.74) is 2.53. The van der Waals surface area contributed by atoms with Crippen LogP contribution in [0.1, 0.15) is 44.9 Å². The second-order valence-corrected chi connectivity index (χ2v) is 6.22. The second-order valence-electron chi connectivity index (χ2n) is 6.22. The highest BCUT2D eigenvalue weighted by molar-refractivity contribution is 5.51. The van der Waals surface area contributed by atoms with E-state index in [0.29, 0.717) is 12.0 Å². The molecule has 0 aliphatic carbocycles. The van der Waals surface area contributed by atoms with Crippen LogP contribution in [-0.4, -0.2) is 28.9 Å². The number of nitrogens with one attached hydrogen (secondary N) is 1. The maximum atomic E-state index is 4.62. The molecule has 1 fully saturated rings. The van der Waals surface area contributed by atoms with E-state index < -0.39 is 0 Å². The Labute approximate surface area is 117 Å². The van der Waals surface area contributed by atoms with E-state index in [1.165, 1.54) is 24.2 Å². The summed E-state index contributed by atoms with van der Waals surface area (Å²) in [6.07, 6.45) is 2.59. The third-order valence-electron chi connectivity index (χ3n) is 3.99. The van der Waals surface area contributed by atoms with E-state index in [1.807, 2.05) is 0 Å². The van der Waals surface area contributed by atoms with E-state index in [2.05, 4.69) is 54.7 Å². The molecule has 0 radical (unpaired) electrons. The Hall–Kier alpha value is -1.03. The normalized spacial score (nSPS) is 19.7. The molecule has 2 rings (SSSR count). The number of aromatic nitrogens is 2. The van der Waals surface area contributed by atoms with Gasteiger partial charge in [0.15, 0.2) is 0 Å². The first-order valence-electron chi connectivity index (χ1n) is 7.50. The summed E-state index contributed by atoms with van der Waals surface area (Å²) in [4.78, 5) is 2.52. The van der Waals surface area contributed by atoms with E-state index in [-0.39, 0.29) is 0 Å². The van der Waals surface area contributed by atoms with Crippen molar-refractivity contribution in [2.45, 2.75) is 53.1 Å². The number of aryl methyl sites for hydroxylation is 2. The molecular weight excluding hydrogens is 236 g/mol. The van der Waals surface area contributed by atoms with E-state index in [9.17, 15) is 0 Å². The van der Waals surface area contributed by atoms with Crippen molar-refractivity contribution in [3.8, 4) is 0 Å². The fourth-order valence-electron chi connectivity index (χ4n) is 2.99. The van der Waals surface area contributed by atoms with Gasteiger partial charge in [0.25, 0.3) is 0 Å². The van der Waals surface area contributed by atoms with Crippen LogP contribution < -0.4 is 10.2 Å². The Bertz CT molecular complexity index is 422. The van der Waals surface area contributed by atoms with Crippen molar-refractivity contribution < 1.29 is 0 Å². The summed E-state index contributed by atoms with van der Waals surface area (Å²) in [6.45, 7) is 12.1. The molecule has 1 saturated heterocycles. The largest absolute Gasteiger partial charge is 0.354 e. The lowest BCUT2D eigenvalue weighted by Gasteiger charge is -2.25. The second kappa shape index (κ2) is 5.95. The molecule has 4 heteroatoms. The first-order valence-corrected chi connectivity index (χ1v) is 7.50. The van der Waals surface area contributed by atoms with E-state index in [4.69, 9.17) is 0 Å². The first kappa shape index (κ1) is 14.4. The molecule has 0 spiro atoms. The molecule has 4 nitrogen and oxygen atoms in total. The first-order chi connectivity index (χ1) is 9.00. The average Bonchev–Trinajstić information content (AvgIpc) is 2.83. The van der Waals surface area contributed by atoms with Crippen LogP contribution >= 0.6 is 0 Å². The van der Waals surface area contributed by atoms with Gasteiger partial charge >= 0.3 is 0 Å². The Morgan fingerprint density at radius 2 is 2.16 bits per heavy atom. The summed E-state index contributed by atoms with van der Waals surface area (Å²) < 4.78 is 2.06. The fourth-order valence-corrected chi connectivity index (χ4v) is 2.99. The summed E-state index contributed by atoms with van der Waals surface area (Å²) in [6, 6.07) is 0.638. The maximum Gasteiger partial charge on any atom is 0.131 e. The van der Waals surface area contributed by atoms with E-state index >= 15 is 0 Å². The van der Waals surface area contributed by atoms with Gasteiger partial charge < -0.3 is 10.2 Å². The van der Waals surface area contributed by atoms with Gasteiger partial charge in [0.1, 0.15) is 5.82 Å². The Morgan fingerprint density at radius 1 is 1.42 bits per heavy atom. The monoisotopic (exact) mass is 264 g/mol. The smallest absolute Gasteiger partial charge is 0.131 e. The maximum absolute atomic E-state index is 4.62. The van der Waals surface area contributed by atoms with Crippen LogP contribution in [0.2, 0.25) is 0 Å². The number of anilines is 1. The minimum atomic E-state index is 0.638. The lowest BCUT2D eigenvalue weighted by atomic mass is 10.2. The van der Waals surface area contributed by atoms with Crippen LogP contribution in [0.3, 0.4) is 0 Å². The zero-order valence-electron chi connectivity index (χ0n) is 13.0.